The first-order chi connectivity index (χ1) is 5.64. The molecule has 4 nitrogen and oxygen atoms in total. The minimum atomic E-state index is -2.70. The van der Waals surface area contributed by atoms with Gasteiger partial charge in [0, 0.05) is 0 Å². The molecule has 0 bridgehead atoms. The van der Waals surface area contributed by atoms with Gasteiger partial charge in [-0.3, -0.25) is 0 Å². The third-order valence-corrected chi connectivity index (χ3v) is 4.04. The Morgan fingerprint density at radius 2 is 2.25 bits per heavy atom. The lowest BCUT2D eigenvalue weighted by atomic mass is 10.0. The zero-order valence-corrected chi connectivity index (χ0v) is 7.85. The van der Waals surface area contributed by atoms with Crippen molar-refractivity contribution in [3.05, 3.63) is 0 Å². The fourth-order valence-corrected chi connectivity index (χ4v) is 3.47. The molecule has 0 aromatic carbocycles. The molecule has 1 saturated heterocycles. The average Bonchev–Trinajstić information content (AvgIpc) is 2.31. The van der Waals surface area contributed by atoms with Gasteiger partial charge >= 0.3 is 0 Å². The highest BCUT2D eigenvalue weighted by atomic mass is 32.2. The van der Waals surface area contributed by atoms with E-state index in [1.807, 2.05) is 0 Å². The lowest BCUT2D eigenvalue weighted by molar-refractivity contribution is 0.131. The fraction of sp³-hybridized carbons (Fsp3) is 1.00. The van der Waals surface area contributed by atoms with Crippen molar-refractivity contribution in [2.24, 2.45) is 11.8 Å². The Balaban J connectivity index is 2.20. The maximum atomic E-state index is 11.0. The number of sulfone groups is 1. The SMILES string of the molecule is NOCCCC1CCS(=O)(=O)C1. The molecule has 1 aliphatic heterocycles. The first kappa shape index (κ1) is 9.95. The van der Waals surface area contributed by atoms with E-state index in [0.717, 1.165) is 19.3 Å². The van der Waals surface area contributed by atoms with E-state index >= 15 is 0 Å². The van der Waals surface area contributed by atoms with Crippen molar-refractivity contribution in [3.8, 4) is 0 Å². The van der Waals surface area contributed by atoms with Crippen LogP contribution in [0.4, 0.5) is 0 Å². The fourth-order valence-electron chi connectivity index (χ4n) is 1.56. The van der Waals surface area contributed by atoms with E-state index < -0.39 is 9.84 Å². The van der Waals surface area contributed by atoms with E-state index in [4.69, 9.17) is 5.90 Å². The van der Waals surface area contributed by atoms with Crippen molar-refractivity contribution in [2.75, 3.05) is 18.1 Å². The van der Waals surface area contributed by atoms with Crippen LogP contribution in [-0.4, -0.2) is 26.5 Å². The molecular formula is C7H15NO3S. The number of hydrogen-bond donors (Lipinski definition) is 1. The number of rotatable bonds is 4. The second-order valence-corrected chi connectivity index (χ2v) is 5.51. The van der Waals surface area contributed by atoms with Crippen molar-refractivity contribution in [3.63, 3.8) is 0 Å². The normalized spacial score (nSPS) is 27.6. The molecule has 0 spiro atoms. The summed E-state index contributed by atoms with van der Waals surface area (Å²) in [5.41, 5.74) is 0. The molecule has 0 aliphatic carbocycles. The van der Waals surface area contributed by atoms with Crippen molar-refractivity contribution >= 4 is 9.84 Å². The van der Waals surface area contributed by atoms with E-state index in [1.165, 1.54) is 0 Å². The highest BCUT2D eigenvalue weighted by molar-refractivity contribution is 7.91. The van der Waals surface area contributed by atoms with Gasteiger partial charge in [-0.25, -0.2) is 14.3 Å². The Morgan fingerprint density at radius 1 is 1.50 bits per heavy atom. The van der Waals surface area contributed by atoms with E-state index in [0.29, 0.717) is 24.0 Å². The van der Waals surface area contributed by atoms with Gasteiger partial charge in [-0.2, -0.15) is 0 Å². The summed E-state index contributed by atoms with van der Waals surface area (Å²) in [4.78, 5) is 4.40. The van der Waals surface area contributed by atoms with Crippen molar-refractivity contribution in [1.82, 2.24) is 0 Å². The second-order valence-electron chi connectivity index (χ2n) is 3.28. The Bertz CT molecular complexity index is 225. The summed E-state index contributed by atoms with van der Waals surface area (Å²) in [6.07, 6.45) is 2.58. The molecule has 0 radical (unpaired) electrons. The first-order valence-corrected chi connectivity index (χ1v) is 5.98. The highest BCUT2D eigenvalue weighted by Crippen LogP contribution is 2.22. The molecule has 1 aliphatic rings. The van der Waals surface area contributed by atoms with Gasteiger partial charge in [-0.1, -0.05) is 0 Å². The molecule has 1 heterocycles. The van der Waals surface area contributed by atoms with E-state index in [9.17, 15) is 8.42 Å². The van der Waals surface area contributed by atoms with Crippen LogP contribution >= 0.6 is 0 Å². The molecule has 1 unspecified atom stereocenters. The molecule has 5 heteroatoms. The van der Waals surface area contributed by atoms with Gasteiger partial charge in [0.15, 0.2) is 9.84 Å². The molecule has 12 heavy (non-hydrogen) atoms. The smallest absolute Gasteiger partial charge is 0.150 e. The maximum Gasteiger partial charge on any atom is 0.150 e. The Kier molecular flexibility index (Phi) is 3.49. The summed E-state index contributed by atoms with van der Waals surface area (Å²) >= 11 is 0. The van der Waals surface area contributed by atoms with Crippen molar-refractivity contribution in [2.45, 2.75) is 19.3 Å². The van der Waals surface area contributed by atoms with Gasteiger partial charge < -0.3 is 4.84 Å². The van der Waals surface area contributed by atoms with Gasteiger partial charge in [-0.05, 0) is 25.2 Å². The molecule has 0 amide bonds. The second kappa shape index (κ2) is 4.20. The monoisotopic (exact) mass is 193 g/mol. The molecule has 0 aromatic rings. The lowest BCUT2D eigenvalue weighted by Gasteiger charge is -2.04. The average molecular weight is 193 g/mol. The summed E-state index contributed by atoms with van der Waals surface area (Å²) in [6, 6.07) is 0. The van der Waals surface area contributed by atoms with Crippen LogP contribution in [0.2, 0.25) is 0 Å². The van der Waals surface area contributed by atoms with E-state index in [-0.39, 0.29) is 0 Å². The molecule has 1 fully saturated rings. The van der Waals surface area contributed by atoms with Crippen LogP contribution < -0.4 is 5.90 Å². The van der Waals surface area contributed by atoms with Crippen LogP contribution in [-0.2, 0) is 14.7 Å². The van der Waals surface area contributed by atoms with Crippen LogP contribution in [0.5, 0.6) is 0 Å². The number of hydrogen-bond acceptors (Lipinski definition) is 4. The highest BCUT2D eigenvalue weighted by Gasteiger charge is 2.26. The van der Waals surface area contributed by atoms with Crippen LogP contribution in [0, 0.1) is 5.92 Å². The zero-order chi connectivity index (χ0) is 9.03. The van der Waals surface area contributed by atoms with Gasteiger partial charge in [0.2, 0.25) is 0 Å². The predicted molar refractivity (Wildman–Crippen MR) is 46.1 cm³/mol. The molecule has 0 aromatic heterocycles. The van der Waals surface area contributed by atoms with Crippen molar-refractivity contribution in [1.29, 1.82) is 0 Å². The van der Waals surface area contributed by atoms with Crippen LogP contribution in [0.1, 0.15) is 19.3 Å². The summed E-state index contributed by atoms with van der Waals surface area (Å²) < 4.78 is 22.0. The van der Waals surface area contributed by atoms with Crippen LogP contribution in [0.25, 0.3) is 0 Å². The lowest BCUT2D eigenvalue weighted by Crippen LogP contribution is -2.07. The number of nitrogens with two attached hydrogens (primary N) is 1. The largest absolute Gasteiger partial charge is 0.305 e. The van der Waals surface area contributed by atoms with E-state index in [2.05, 4.69) is 4.84 Å². The molecule has 1 atom stereocenters. The molecule has 72 valence electrons. The first-order valence-electron chi connectivity index (χ1n) is 4.16. The Morgan fingerprint density at radius 3 is 2.75 bits per heavy atom. The minimum absolute atomic E-state index is 0.338. The van der Waals surface area contributed by atoms with Crippen LogP contribution in [0.15, 0.2) is 0 Å². The Labute approximate surface area is 73.0 Å². The third kappa shape index (κ3) is 3.08. The maximum absolute atomic E-state index is 11.0. The molecule has 2 N–H and O–H groups in total. The summed E-state index contributed by atoms with van der Waals surface area (Å²) in [7, 11) is -2.70. The van der Waals surface area contributed by atoms with Gasteiger partial charge in [-0.15, -0.1) is 0 Å². The van der Waals surface area contributed by atoms with Crippen LogP contribution in [0.3, 0.4) is 0 Å². The third-order valence-electron chi connectivity index (χ3n) is 2.20. The van der Waals surface area contributed by atoms with Gasteiger partial charge in [0.25, 0.3) is 0 Å². The molecular weight excluding hydrogens is 178 g/mol. The van der Waals surface area contributed by atoms with Gasteiger partial charge in [0.05, 0.1) is 18.1 Å². The predicted octanol–water partition coefficient (Wildman–Crippen LogP) is 0.0916. The minimum Gasteiger partial charge on any atom is -0.305 e. The Hall–Kier alpha value is -0.130. The molecule has 1 rings (SSSR count). The van der Waals surface area contributed by atoms with Gasteiger partial charge in [0.1, 0.15) is 0 Å². The quantitative estimate of drug-likeness (QED) is 0.507. The molecule has 0 saturated carbocycles. The zero-order valence-electron chi connectivity index (χ0n) is 7.03. The standard InChI is InChI=1S/C7H15NO3S/c8-11-4-1-2-7-3-5-12(9,10)6-7/h7H,1-6,8H2. The summed E-state index contributed by atoms with van der Waals surface area (Å²) in [5.74, 6) is 5.91. The summed E-state index contributed by atoms with van der Waals surface area (Å²) in [6.45, 7) is 0.524. The van der Waals surface area contributed by atoms with E-state index in [1.54, 1.807) is 0 Å². The summed E-state index contributed by atoms with van der Waals surface area (Å²) in [5, 5.41) is 0. The van der Waals surface area contributed by atoms with Crippen molar-refractivity contribution < 1.29 is 13.3 Å². The topological polar surface area (TPSA) is 69.4 Å².